The van der Waals surface area contributed by atoms with Gasteiger partial charge in [-0.3, -0.25) is 9.59 Å². The lowest BCUT2D eigenvalue weighted by atomic mass is 9.30. The van der Waals surface area contributed by atoms with Gasteiger partial charge in [-0.25, -0.2) is 4.79 Å². The lowest BCUT2D eigenvalue weighted by molar-refractivity contribution is -0.337. The lowest BCUT2D eigenvalue weighted by Gasteiger charge is -2.77. The van der Waals surface area contributed by atoms with Crippen molar-refractivity contribution in [1.82, 2.24) is 10.6 Å². The summed E-state index contributed by atoms with van der Waals surface area (Å²) in [7, 11) is 1.75. The molecule has 10 nitrogen and oxygen atoms in total. The molecule has 8 atom stereocenters. The number of esters is 1. The van der Waals surface area contributed by atoms with Crippen molar-refractivity contribution < 1.29 is 38.8 Å². The predicted octanol–water partition coefficient (Wildman–Crippen LogP) is 3.89. The first kappa shape index (κ1) is 32.3. The number of carboxylic acid groups (broad SMARTS) is 1. The number of nitrogens with one attached hydrogen (secondary N) is 2. The van der Waals surface area contributed by atoms with Gasteiger partial charge in [-0.2, -0.15) is 0 Å². The molecule has 248 valence electrons. The van der Waals surface area contributed by atoms with E-state index in [0.29, 0.717) is 11.5 Å². The van der Waals surface area contributed by atoms with Crippen LogP contribution in [0, 0.1) is 22.7 Å². The molecule has 2 heterocycles. The van der Waals surface area contributed by atoms with Crippen LogP contribution in [0.2, 0.25) is 0 Å². The van der Waals surface area contributed by atoms with Crippen molar-refractivity contribution in [1.29, 1.82) is 0 Å². The SMILES string of the molecule is COC12CCC3(CC1C(C)(O)C(C)(C)C)C1Cc4ccc(OC(=O)CCC(=O)NC(C(=O)O)C(C)C)c5c4C3(CCN1)C2(C)O5. The highest BCUT2D eigenvalue weighted by Gasteiger charge is 2.86. The van der Waals surface area contributed by atoms with Crippen molar-refractivity contribution >= 4 is 17.8 Å². The maximum Gasteiger partial charge on any atom is 0.326 e. The van der Waals surface area contributed by atoms with Gasteiger partial charge in [-0.05, 0) is 75.5 Å². The predicted molar refractivity (Wildman–Crippen MR) is 166 cm³/mol. The molecular formula is C35H50N2O8. The fraction of sp³-hybridized carbons (Fsp3) is 0.743. The van der Waals surface area contributed by atoms with Gasteiger partial charge in [-0.15, -0.1) is 0 Å². The third-order valence-corrected chi connectivity index (χ3v) is 13.1. The normalized spacial score (nSPS) is 36.0. The maximum atomic E-state index is 13.2. The summed E-state index contributed by atoms with van der Waals surface area (Å²) in [5.74, 6) is -1.83. The van der Waals surface area contributed by atoms with Gasteiger partial charge >= 0.3 is 11.9 Å². The average molecular weight is 627 g/mol. The van der Waals surface area contributed by atoms with Crippen molar-refractivity contribution in [2.45, 2.75) is 128 Å². The smallest absolute Gasteiger partial charge is 0.326 e. The quantitative estimate of drug-likeness (QED) is 0.237. The van der Waals surface area contributed by atoms with Gasteiger partial charge in [0.2, 0.25) is 5.91 Å². The zero-order valence-electron chi connectivity index (χ0n) is 28.0. The van der Waals surface area contributed by atoms with Gasteiger partial charge in [0, 0.05) is 36.5 Å². The molecule has 8 unspecified atom stereocenters. The second-order valence-corrected chi connectivity index (χ2v) is 15.9. The molecule has 0 radical (unpaired) electrons. The number of fused-ring (bicyclic) bond motifs is 2. The first-order chi connectivity index (χ1) is 20.9. The number of rotatable bonds is 9. The number of amides is 1. The number of carbonyl (C=O) groups excluding carboxylic acids is 2. The highest BCUT2D eigenvalue weighted by molar-refractivity contribution is 5.86. The number of methoxy groups -OCH3 is 1. The Morgan fingerprint density at radius 2 is 1.84 bits per heavy atom. The van der Waals surface area contributed by atoms with E-state index in [9.17, 15) is 24.6 Å². The summed E-state index contributed by atoms with van der Waals surface area (Å²) in [6, 6.07) is 3.02. The minimum Gasteiger partial charge on any atom is -0.480 e. The molecule has 4 bridgehead atoms. The van der Waals surface area contributed by atoms with E-state index in [1.807, 2.05) is 13.0 Å². The minimum absolute atomic E-state index is 0.184. The third kappa shape index (κ3) is 4.00. The summed E-state index contributed by atoms with van der Waals surface area (Å²) in [6.07, 6.45) is 3.76. The Morgan fingerprint density at radius 3 is 2.47 bits per heavy atom. The van der Waals surface area contributed by atoms with E-state index in [2.05, 4.69) is 38.3 Å². The summed E-state index contributed by atoms with van der Waals surface area (Å²) in [5.41, 5.74) is -1.39. The van der Waals surface area contributed by atoms with E-state index < -0.39 is 51.5 Å². The summed E-state index contributed by atoms with van der Waals surface area (Å²) < 4.78 is 19.8. The van der Waals surface area contributed by atoms with Gasteiger partial charge < -0.3 is 35.1 Å². The number of ether oxygens (including phenoxy) is 3. The highest BCUT2D eigenvalue weighted by Crippen LogP contribution is 2.80. The molecule has 1 aromatic carbocycles. The summed E-state index contributed by atoms with van der Waals surface area (Å²) in [4.78, 5) is 37.2. The first-order valence-electron chi connectivity index (χ1n) is 16.5. The topological polar surface area (TPSA) is 143 Å². The van der Waals surface area contributed by atoms with Crippen molar-refractivity contribution in [2.75, 3.05) is 13.7 Å². The van der Waals surface area contributed by atoms with Crippen LogP contribution in [0.3, 0.4) is 0 Å². The average Bonchev–Trinajstić information content (AvgIpc) is 3.24. The molecule has 4 N–H and O–H groups in total. The Hall–Kier alpha value is -2.69. The molecule has 10 heteroatoms. The van der Waals surface area contributed by atoms with E-state index in [0.717, 1.165) is 44.2 Å². The minimum atomic E-state index is -1.11. The van der Waals surface area contributed by atoms with Crippen molar-refractivity contribution in [3.63, 3.8) is 0 Å². The number of piperidine rings is 1. The number of carbonyl (C=O) groups is 3. The molecule has 45 heavy (non-hydrogen) atoms. The molecule has 0 aromatic heterocycles. The summed E-state index contributed by atoms with van der Waals surface area (Å²) in [5, 5.41) is 28.1. The monoisotopic (exact) mass is 626 g/mol. The van der Waals surface area contributed by atoms with Gasteiger partial charge in [-0.1, -0.05) is 40.7 Å². The summed E-state index contributed by atoms with van der Waals surface area (Å²) in [6.45, 7) is 14.6. The second kappa shape index (κ2) is 10.2. The number of aliphatic carboxylic acids is 1. The third-order valence-electron chi connectivity index (χ3n) is 13.1. The van der Waals surface area contributed by atoms with E-state index in [4.69, 9.17) is 14.2 Å². The molecule has 2 aliphatic heterocycles. The van der Waals surface area contributed by atoms with E-state index >= 15 is 0 Å². The van der Waals surface area contributed by atoms with Crippen molar-refractivity contribution in [3.8, 4) is 11.5 Å². The Labute approximate surface area is 265 Å². The first-order valence-corrected chi connectivity index (χ1v) is 16.5. The van der Waals surface area contributed by atoms with E-state index in [1.165, 1.54) is 5.56 Å². The van der Waals surface area contributed by atoms with Crippen molar-refractivity contribution in [3.05, 3.63) is 23.3 Å². The van der Waals surface area contributed by atoms with Crippen LogP contribution in [0.4, 0.5) is 0 Å². The van der Waals surface area contributed by atoms with Crippen LogP contribution in [-0.2, 0) is 31.0 Å². The lowest BCUT2D eigenvalue weighted by Crippen LogP contribution is -2.87. The Bertz CT molecular complexity index is 1430. The zero-order chi connectivity index (χ0) is 33.0. The molecule has 4 aliphatic carbocycles. The van der Waals surface area contributed by atoms with Crippen LogP contribution in [-0.4, -0.2) is 70.6 Å². The molecule has 2 spiro atoms. The Kier molecular flexibility index (Phi) is 7.28. The fourth-order valence-electron chi connectivity index (χ4n) is 10.4. The fourth-order valence-corrected chi connectivity index (χ4v) is 10.4. The van der Waals surface area contributed by atoms with Crippen LogP contribution >= 0.6 is 0 Å². The van der Waals surface area contributed by atoms with Gasteiger partial charge in [0.05, 0.1) is 17.4 Å². The van der Waals surface area contributed by atoms with Crippen LogP contribution in [0.25, 0.3) is 0 Å². The second-order valence-electron chi connectivity index (χ2n) is 15.9. The van der Waals surface area contributed by atoms with Gasteiger partial charge in [0.15, 0.2) is 11.5 Å². The van der Waals surface area contributed by atoms with Crippen LogP contribution in [0.5, 0.6) is 11.5 Å². The number of aliphatic hydroxyl groups is 1. The number of hydrogen-bond donors (Lipinski definition) is 4. The standard InChI is InChI=1S/C35H50N2O8/c1-19(2)27(29(40)41)37-24(38)11-12-25(39)44-21-10-9-20-17-23-33-13-14-35(43-8,22(18-33)31(6,42)30(3,4)5)32(7)34(33,15-16-36-23)26(20)28(21)45-32/h9-10,19,22-23,27,36,42H,11-18H2,1-8H3,(H,37,38)(H,40,41). The highest BCUT2D eigenvalue weighted by atomic mass is 16.6. The maximum absolute atomic E-state index is 13.2. The molecule has 7 rings (SSSR count). The summed E-state index contributed by atoms with van der Waals surface area (Å²) >= 11 is 0. The van der Waals surface area contributed by atoms with Crippen LogP contribution < -0.4 is 20.1 Å². The molecule has 4 fully saturated rings. The molecule has 6 aliphatic rings. The number of benzene rings is 1. The Morgan fingerprint density at radius 1 is 1.13 bits per heavy atom. The molecule has 1 aromatic rings. The van der Waals surface area contributed by atoms with E-state index in [1.54, 1.807) is 27.0 Å². The van der Waals surface area contributed by atoms with Gasteiger partial charge in [0.1, 0.15) is 17.2 Å². The molecule has 1 amide bonds. The van der Waals surface area contributed by atoms with Crippen LogP contribution in [0.15, 0.2) is 12.1 Å². The van der Waals surface area contributed by atoms with Crippen molar-refractivity contribution in [2.24, 2.45) is 22.7 Å². The van der Waals surface area contributed by atoms with Gasteiger partial charge in [0.25, 0.3) is 0 Å². The van der Waals surface area contributed by atoms with Crippen LogP contribution in [0.1, 0.15) is 98.1 Å². The Balaban J connectivity index is 1.37. The molecule has 3 saturated carbocycles. The number of hydrogen-bond acceptors (Lipinski definition) is 8. The zero-order valence-corrected chi connectivity index (χ0v) is 28.0. The molecule has 1 saturated heterocycles. The molecular weight excluding hydrogens is 576 g/mol. The largest absolute Gasteiger partial charge is 0.480 e. The van der Waals surface area contributed by atoms with E-state index in [-0.39, 0.29) is 36.1 Å². The number of carboxylic acids is 1.